The zero-order valence-electron chi connectivity index (χ0n) is 19.7. The third-order valence-corrected chi connectivity index (χ3v) is 7.89. The minimum atomic E-state index is -0.558. The lowest BCUT2D eigenvalue weighted by molar-refractivity contribution is -0.150. The molecule has 182 valence electrons. The number of benzene rings is 2. The van der Waals surface area contributed by atoms with E-state index in [-0.39, 0.29) is 24.5 Å². The van der Waals surface area contributed by atoms with Crippen LogP contribution in [0.15, 0.2) is 71.0 Å². The monoisotopic (exact) mass is 473 g/mol. The molecule has 6 heteroatoms. The Labute approximate surface area is 204 Å². The zero-order chi connectivity index (χ0) is 23.8. The molecule has 6 nitrogen and oxygen atoms in total. The Hall–Kier alpha value is -3.09. The molecule has 2 aliphatic carbocycles. The summed E-state index contributed by atoms with van der Waals surface area (Å²) in [7, 11) is 0. The molecule has 35 heavy (non-hydrogen) atoms. The van der Waals surface area contributed by atoms with E-state index in [1.165, 1.54) is 19.3 Å². The minimum absolute atomic E-state index is 0.0130. The molecule has 1 aliphatic heterocycles. The molecule has 0 radical (unpaired) electrons. The summed E-state index contributed by atoms with van der Waals surface area (Å²) in [6, 6.07) is 15.8. The molecule has 0 spiro atoms. The topological polar surface area (TPSA) is 80.9 Å². The third-order valence-electron chi connectivity index (χ3n) is 7.89. The van der Waals surface area contributed by atoms with Crippen molar-refractivity contribution in [2.24, 2.45) is 11.8 Å². The van der Waals surface area contributed by atoms with Gasteiger partial charge in [-0.1, -0.05) is 48.9 Å². The van der Waals surface area contributed by atoms with Gasteiger partial charge in [-0.2, -0.15) is 0 Å². The molecule has 2 heterocycles. The van der Waals surface area contributed by atoms with E-state index in [4.69, 9.17) is 13.9 Å². The molecular formula is C29H31NO5. The lowest BCUT2D eigenvalue weighted by atomic mass is 9.92. The summed E-state index contributed by atoms with van der Waals surface area (Å²) >= 11 is 0. The number of hydrogen-bond acceptors (Lipinski definition) is 5. The minimum Gasteiger partial charge on any atom is -0.464 e. The maximum Gasteiger partial charge on any atom is 0.286 e. The number of carbonyl (C=O) groups is 1. The lowest BCUT2D eigenvalue weighted by Gasteiger charge is -2.30. The van der Waals surface area contributed by atoms with Gasteiger partial charge in [0.2, 0.25) is 6.29 Å². The predicted octanol–water partition coefficient (Wildman–Crippen LogP) is 5.16. The van der Waals surface area contributed by atoms with Crippen LogP contribution in [0.5, 0.6) is 0 Å². The molecule has 2 aromatic carbocycles. The first-order valence-electron chi connectivity index (χ1n) is 12.6. The molecule has 1 amide bonds. The van der Waals surface area contributed by atoms with Gasteiger partial charge in [0.05, 0.1) is 19.5 Å². The molecule has 0 saturated heterocycles. The molecule has 5 atom stereocenters. The van der Waals surface area contributed by atoms with Crippen molar-refractivity contribution < 1.29 is 23.8 Å². The number of furan rings is 1. The molecule has 6 rings (SSSR count). The molecule has 1 aromatic heterocycles. The van der Waals surface area contributed by atoms with E-state index in [1.807, 2.05) is 54.6 Å². The first-order valence-corrected chi connectivity index (χ1v) is 12.6. The number of carbonyl (C=O) groups excluding carboxylic acids is 1. The molecule has 2 saturated carbocycles. The van der Waals surface area contributed by atoms with Gasteiger partial charge in [-0.15, -0.1) is 0 Å². The van der Waals surface area contributed by atoms with Gasteiger partial charge < -0.3 is 24.3 Å². The number of rotatable bonds is 7. The maximum absolute atomic E-state index is 13.3. The van der Waals surface area contributed by atoms with E-state index in [0.29, 0.717) is 24.7 Å². The highest BCUT2D eigenvalue weighted by Crippen LogP contribution is 2.44. The van der Waals surface area contributed by atoms with E-state index < -0.39 is 6.29 Å². The fourth-order valence-electron chi connectivity index (χ4n) is 6.01. The smallest absolute Gasteiger partial charge is 0.286 e. The standard InChI is InChI=1S/C29H31NO5/c31-15-18-5-7-19(8-6-18)16-34-28-14-22(24-17-33-26-4-2-1-3-23(24)26)13-27(35-28)29(32)30-25-12-20-9-10-21(25)11-20/h1-8,13,17,20-22,25,28,31H,9-12,14-16H2,(H,30,32)/t20?,21?,22-,25?,28+/m1/s1. The Morgan fingerprint density at radius 3 is 2.63 bits per heavy atom. The number of amides is 1. The molecule has 2 bridgehead atoms. The molecule has 3 unspecified atom stereocenters. The van der Waals surface area contributed by atoms with Crippen LogP contribution in [0.2, 0.25) is 0 Å². The summed E-state index contributed by atoms with van der Waals surface area (Å²) in [5.41, 5.74) is 3.71. The quantitative estimate of drug-likeness (QED) is 0.495. The second kappa shape index (κ2) is 9.51. The highest BCUT2D eigenvalue weighted by atomic mass is 16.7. The predicted molar refractivity (Wildman–Crippen MR) is 131 cm³/mol. The molecule has 3 aromatic rings. The van der Waals surface area contributed by atoms with Crippen LogP contribution in [-0.4, -0.2) is 23.3 Å². The van der Waals surface area contributed by atoms with Gasteiger partial charge in [-0.05, 0) is 54.4 Å². The van der Waals surface area contributed by atoms with E-state index >= 15 is 0 Å². The van der Waals surface area contributed by atoms with Crippen molar-refractivity contribution >= 4 is 16.9 Å². The Morgan fingerprint density at radius 1 is 1.03 bits per heavy atom. The summed E-state index contributed by atoms with van der Waals surface area (Å²) in [5, 5.41) is 13.6. The zero-order valence-corrected chi connectivity index (χ0v) is 19.7. The molecular weight excluding hydrogens is 442 g/mol. The highest BCUT2D eigenvalue weighted by molar-refractivity contribution is 5.92. The van der Waals surface area contributed by atoms with Crippen LogP contribution in [0.3, 0.4) is 0 Å². The molecule has 2 fully saturated rings. The summed E-state index contributed by atoms with van der Waals surface area (Å²) < 4.78 is 18.0. The van der Waals surface area contributed by atoms with E-state index in [9.17, 15) is 9.90 Å². The van der Waals surface area contributed by atoms with Crippen molar-refractivity contribution in [3.05, 3.63) is 83.3 Å². The fourth-order valence-corrected chi connectivity index (χ4v) is 6.01. The number of para-hydroxylation sites is 1. The van der Waals surface area contributed by atoms with Crippen LogP contribution >= 0.6 is 0 Å². The van der Waals surface area contributed by atoms with Gasteiger partial charge in [0, 0.05) is 29.3 Å². The number of fused-ring (bicyclic) bond motifs is 3. The number of hydrogen-bond donors (Lipinski definition) is 2. The average molecular weight is 474 g/mol. The van der Waals surface area contributed by atoms with Crippen molar-refractivity contribution in [2.45, 2.75) is 63.6 Å². The fraction of sp³-hybridized carbons (Fsp3) is 0.414. The number of ether oxygens (including phenoxy) is 2. The van der Waals surface area contributed by atoms with E-state index in [0.717, 1.165) is 40.0 Å². The Bertz CT molecular complexity index is 1230. The van der Waals surface area contributed by atoms with Crippen LogP contribution in [0, 0.1) is 11.8 Å². The Kier molecular flexibility index (Phi) is 6.08. The summed E-state index contributed by atoms with van der Waals surface area (Å²) in [5.74, 6) is 1.46. The second-order valence-corrected chi connectivity index (χ2v) is 10.1. The second-order valence-electron chi connectivity index (χ2n) is 10.1. The molecule has 2 N–H and O–H groups in total. The van der Waals surface area contributed by atoms with Crippen molar-refractivity contribution in [3.8, 4) is 0 Å². The van der Waals surface area contributed by atoms with Gasteiger partial charge in [0.25, 0.3) is 5.91 Å². The van der Waals surface area contributed by atoms with Gasteiger partial charge in [0.15, 0.2) is 5.76 Å². The largest absolute Gasteiger partial charge is 0.464 e. The number of nitrogens with one attached hydrogen (secondary N) is 1. The van der Waals surface area contributed by atoms with E-state index in [2.05, 4.69) is 5.32 Å². The van der Waals surface area contributed by atoms with Crippen LogP contribution in [0.4, 0.5) is 0 Å². The van der Waals surface area contributed by atoms with Gasteiger partial charge in [-0.3, -0.25) is 4.79 Å². The van der Waals surface area contributed by atoms with Gasteiger partial charge >= 0.3 is 0 Å². The number of aliphatic hydroxyl groups is 1. The lowest BCUT2D eigenvalue weighted by Crippen LogP contribution is -2.41. The van der Waals surface area contributed by atoms with Crippen molar-refractivity contribution in [2.75, 3.05) is 0 Å². The van der Waals surface area contributed by atoms with Crippen LogP contribution in [0.25, 0.3) is 11.0 Å². The summed E-state index contributed by atoms with van der Waals surface area (Å²) in [6.45, 7) is 0.371. The van der Waals surface area contributed by atoms with Crippen LogP contribution in [-0.2, 0) is 27.5 Å². The maximum atomic E-state index is 13.3. The average Bonchev–Trinajstić information content (AvgIpc) is 3.63. The van der Waals surface area contributed by atoms with Crippen molar-refractivity contribution in [3.63, 3.8) is 0 Å². The normalized spacial score (nSPS) is 27.6. The highest BCUT2D eigenvalue weighted by Gasteiger charge is 2.41. The SMILES string of the molecule is O=C(NC1CC2CCC1C2)C1=C[C@@H](c2coc3ccccc23)C[C@@H](OCc2ccc(CO)cc2)O1. The van der Waals surface area contributed by atoms with Gasteiger partial charge in [-0.25, -0.2) is 0 Å². The summed E-state index contributed by atoms with van der Waals surface area (Å²) in [6.07, 6.45) is 8.54. The van der Waals surface area contributed by atoms with E-state index in [1.54, 1.807) is 6.26 Å². The van der Waals surface area contributed by atoms with Gasteiger partial charge in [0.1, 0.15) is 5.58 Å². The first-order chi connectivity index (χ1) is 17.2. The Morgan fingerprint density at radius 2 is 1.86 bits per heavy atom. The van der Waals surface area contributed by atoms with Crippen molar-refractivity contribution in [1.82, 2.24) is 5.32 Å². The van der Waals surface area contributed by atoms with Crippen molar-refractivity contribution in [1.29, 1.82) is 0 Å². The molecule has 3 aliphatic rings. The number of allylic oxidation sites excluding steroid dienone is 1. The summed E-state index contributed by atoms with van der Waals surface area (Å²) in [4.78, 5) is 13.3. The Balaban J connectivity index is 1.22. The third kappa shape index (κ3) is 4.60. The van der Waals surface area contributed by atoms with Crippen LogP contribution in [0.1, 0.15) is 54.7 Å². The van der Waals surface area contributed by atoms with Crippen LogP contribution < -0.4 is 5.32 Å². The first kappa shape index (κ1) is 22.4. The number of aliphatic hydroxyl groups excluding tert-OH is 1.